The number of fused-ring (bicyclic) bond motifs is 1. The van der Waals surface area contributed by atoms with Gasteiger partial charge in [-0.25, -0.2) is 0 Å². The summed E-state index contributed by atoms with van der Waals surface area (Å²) < 4.78 is 2.16. The third-order valence-corrected chi connectivity index (χ3v) is 6.00. The number of hydrogen-bond donors (Lipinski definition) is 0. The van der Waals surface area contributed by atoms with Crippen LogP contribution in [0, 0.1) is 0 Å². The van der Waals surface area contributed by atoms with Crippen LogP contribution in [0.4, 0.5) is 0 Å². The molecule has 2 aliphatic heterocycles. The largest absolute Gasteiger partial charge is 0.337 e. The molecule has 1 aromatic carbocycles. The van der Waals surface area contributed by atoms with E-state index in [0.717, 1.165) is 49.1 Å². The Morgan fingerprint density at radius 1 is 1.04 bits per heavy atom. The fourth-order valence-corrected chi connectivity index (χ4v) is 4.61. The molecule has 4 heteroatoms. The summed E-state index contributed by atoms with van der Waals surface area (Å²) in [5, 5.41) is 1.16. The van der Waals surface area contributed by atoms with Gasteiger partial charge in [-0.05, 0) is 57.8 Å². The molecule has 0 aliphatic carbocycles. The van der Waals surface area contributed by atoms with Crippen molar-refractivity contribution in [3.63, 3.8) is 0 Å². The van der Waals surface area contributed by atoms with Crippen LogP contribution in [0.1, 0.15) is 49.5 Å². The van der Waals surface area contributed by atoms with Gasteiger partial charge in [-0.2, -0.15) is 0 Å². The third kappa shape index (κ3) is 3.20. The summed E-state index contributed by atoms with van der Waals surface area (Å²) in [5.74, 6) is 0.204. The second kappa shape index (κ2) is 7.20. The zero-order valence-corrected chi connectivity index (χ0v) is 15.3. The van der Waals surface area contributed by atoms with Crippen molar-refractivity contribution in [1.82, 2.24) is 14.4 Å². The van der Waals surface area contributed by atoms with Crippen LogP contribution in [0.5, 0.6) is 0 Å². The standard InChI is InChI=1S/C21H29N3O/c1-2-24-19-9-5-4-8-17(19)16-20(24)21(25)23-14-10-18(11-15-23)22-12-6-3-7-13-22/h4-5,8-9,16,18H,2-3,6-7,10-15H2,1H3. The summed E-state index contributed by atoms with van der Waals surface area (Å²) >= 11 is 0. The van der Waals surface area contributed by atoms with Gasteiger partial charge in [-0.3, -0.25) is 4.79 Å². The molecule has 25 heavy (non-hydrogen) atoms. The number of para-hydroxylation sites is 1. The summed E-state index contributed by atoms with van der Waals surface area (Å²) in [7, 11) is 0. The van der Waals surface area contributed by atoms with Gasteiger partial charge in [0, 0.05) is 36.6 Å². The van der Waals surface area contributed by atoms with Crippen molar-refractivity contribution in [2.24, 2.45) is 0 Å². The predicted octanol–water partition coefficient (Wildman–Crippen LogP) is 3.75. The number of carbonyl (C=O) groups is 1. The van der Waals surface area contributed by atoms with Crippen LogP contribution in [0.15, 0.2) is 30.3 Å². The molecule has 0 saturated carbocycles. The number of rotatable bonds is 3. The van der Waals surface area contributed by atoms with Gasteiger partial charge in [0.1, 0.15) is 5.69 Å². The van der Waals surface area contributed by atoms with Crippen LogP contribution in [-0.2, 0) is 6.54 Å². The van der Waals surface area contributed by atoms with Crippen LogP contribution < -0.4 is 0 Å². The van der Waals surface area contributed by atoms with Crippen molar-refractivity contribution in [2.75, 3.05) is 26.2 Å². The van der Waals surface area contributed by atoms with Crippen molar-refractivity contribution < 1.29 is 4.79 Å². The zero-order valence-electron chi connectivity index (χ0n) is 15.3. The third-order valence-electron chi connectivity index (χ3n) is 6.00. The topological polar surface area (TPSA) is 28.5 Å². The van der Waals surface area contributed by atoms with E-state index in [4.69, 9.17) is 0 Å². The molecule has 2 aliphatic rings. The highest BCUT2D eigenvalue weighted by Crippen LogP contribution is 2.24. The lowest BCUT2D eigenvalue weighted by Gasteiger charge is -2.40. The Morgan fingerprint density at radius 2 is 1.76 bits per heavy atom. The minimum atomic E-state index is 0.204. The lowest BCUT2D eigenvalue weighted by atomic mass is 9.99. The Labute approximate surface area is 150 Å². The Balaban J connectivity index is 1.47. The highest BCUT2D eigenvalue weighted by Gasteiger charge is 2.29. The van der Waals surface area contributed by atoms with Gasteiger partial charge in [0.2, 0.25) is 0 Å². The van der Waals surface area contributed by atoms with E-state index >= 15 is 0 Å². The SMILES string of the molecule is CCn1c(C(=O)N2CCC(N3CCCCC3)CC2)cc2ccccc21. The quantitative estimate of drug-likeness (QED) is 0.852. The second-order valence-corrected chi connectivity index (χ2v) is 7.45. The van der Waals surface area contributed by atoms with Gasteiger partial charge in [-0.1, -0.05) is 24.6 Å². The maximum absolute atomic E-state index is 13.1. The summed E-state index contributed by atoms with van der Waals surface area (Å²) in [5.41, 5.74) is 2.01. The van der Waals surface area contributed by atoms with E-state index in [-0.39, 0.29) is 5.91 Å². The molecule has 2 saturated heterocycles. The van der Waals surface area contributed by atoms with Gasteiger partial charge in [-0.15, -0.1) is 0 Å². The second-order valence-electron chi connectivity index (χ2n) is 7.45. The Hall–Kier alpha value is -1.81. The number of nitrogens with zero attached hydrogens (tertiary/aromatic N) is 3. The summed E-state index contributed by atoms with van der Waals surface area (Å²) in [6.45, 7) is 7.24. The van der Waals surface area contributed by atoms with Crippen LogP contribution in [0.2, 0.25) is 0 Å². The first-order valence-corrected chi connectivity index (χ1v) is 9.89. The molecule has 0 N–H and O–H groups in total. The maximum atomic E-state index is 13.1. The molecule has 0 atom stereocenters. The molecule has 2 aromatic rings. The molecule has 0 spiro atoms. The Bertz CT molecular complexity index is 737. The minimum Gasteiger partial charge on any atom is -0.337 e. The molecular weight excluding hydrogens is 310 g/mol. The summed E-state index contributed by atoms with van der Waals surface area (Å²) in [6.07, 6.45) is 6.32. The maximum Gasteiger partial charge on any atom is 0.270 e. The van der Waals surface area contributed by atoms with E-state index in [1.54, 1.807) is 0 Å². The van der Waals surface area contributed by atoms with Crippen molar-refractivity contribution in [3.8, 4) is 0 Å². The lowest BCUT2D eigenvalue weighted by Crippen LogP contribution is -2.48. The first kappa shape index (κ1) is 16.6. The average Bonchev–Trinajstić information content (AvgIpc) is 3.07. The number of piperidine rings is 2. The molecular formula is C21H29N3O. The number of likely N-dealkylation sites (tertiary alicyclic amines) is 2. The van der Waals surface area contributed by atoms with Crippen LogP contribution in [0.3, 0.4) is 0 Å². The molecule has 3 heterocycles. The van der Waals surface area contributed by atoms with Crippen LogP contribution in [-0.4, -0.2) is 52.5 Å². The normalized spacial score (nSPS) is 20.3. The highest BCUT2D eigenvalue weighted by molar-refractivity contribution is 5.98. The Morgan fingerprint density at radius 3 is 2.48 bits per heavy atom. The first-order valence-electron chi connectivity index (χ1n) is 9.89. The molecule has 0 radical (unpaired) electrons. The van der Waals surface area contributed by atoms with E-state index in [2.05, 4.69) is 39.5 Å². The van der Waals surface area contributed by atoms with E-state index in [9.17, 15) is 4.79 Å². The number of hydrogen-bond acceptors (Lipinski definition) is 2. The van der Waals surface area contributed by atoms with Crippen molar-refractivity contribution in [1.29, 1.82) is 0 Å². The fraction of sp³-hybridized carbons (Fsp3) is 0.571. The van der Waals surface area contributed by atoms with Crippen molar-refractivity contribution in [3.05, 3.63) is 36.0 Å². The van der Waals surface area contributed by atoms with E-state index in [0.29, 0.717) is 6.04 Å². The van der Waals surface area contributed by atoms with Crippen LogP contribution >= 0.6 is 0 Å². The molecule has 1 amide bonds. The average molecular weight is 339 g/mol. The summed E-state index contributed by atoms with van der Waals surface area (Å²) in [4.78, 5) is 17.9. The van der Waals surface area contributed by atoms with Gasteiger partial charge in [0.25, 0.3) is 5.91 Å². The number of carbonyl (C=O) groups excluding carboxylic acids is 1. The summed E-state index contributed by atoms with van der Waals surface area (Å²) in [6, 6.07) is 11.0. The van der Waals surface area contributed by atoms with E-state index in [1.807, 2.05) is 12.1 Å². The van der Waals surface area contributed by atoms with E-state index < -0.39 is 0 Å². The molecule has 0 bridgehead atoms. The fourth-order valence-electron chi connectivity index (χ4n) is 4.61. The van der Waals surface area contributed by atoms with Crippen molar-refractivity contribution >= 4 is 16.8 Å². The molecule has 4 rings (SSSR count). The van der Waals surface area contributed by atoms with Crippen molar-refractivity contribution in [2.45, 2.75) is 51.6 Å². The molecule has 1 aromatic heterocycles. The highest BCUT2D eigenvalue weighted by atomic mass is 16.2. The number of benzene rings is 1. The van der Waals surface area contributed by atoms with Gasteiger partial charge in [0.15, 0.2) is 0 Å². The number of amides is 1. The number of aryl methyl sites for hydroxylation is 1. The molecule has 0 unspecified atom stereocenters. The molecule has 2 fully saturated rings. The van der Waals surface area contributed by atoms with Gasteiger partial charge >= 0.3 is 0 Å². The predicted molar refractivity (Wildman–Crippen MR) is 102 cm³/mol. The Kier molecular flexibility index (Phi) is 4.80. The van der Waals surface area contributed by atoms with E-state index in [1.165, 1.54) is 32.4 Å². The monoisotopic (exact) mass is 339 g/mol. The molecule has 134 valence electrons. The smallest absolute Gasteiger partial charge is 0.270 e. The van der Waals surface area contributed by atoms with Gasteiger partial charge in [0.05, 0.1) is 0 Å². The lowest BCUT2D eigenvalue weighted by molar-refractivity contribution is 0.0581. The van der Waals surface area contributed by atoms with Crippen LogP contribution in [0.25, 0.3) is 10.9 Å². The first-order chi connectivity index (χ1) is 12.3. The van der Waals surface area contributed by atoms with Gasteiger partial charge < -0.3 is 14.4 Å². The minimum absolute atomic E-state index is 0.204. The zero-order chi connectivity index (χ0) is 17.2. The molecule has 4 nitrogen and oxygen atoms in total. The number of aromatic nitrogens is 1.